The van der Waals surface area contributed by atoms with Gasteiger partial charge in [0.1, 0.15) is 0 Å². The highest BCUT2D eigenvalue weighted by molar-refractivity contribution is 4.62. The van der Waals surface area contributed by atoms with Crippen molar-refractivity contribution in [3.63, 3.8) is 0 Å². The van der Waals surface area contributed by atoms with E-state index in [0.29, 0.717) is 38.9 Å². The fraction of sp³-hybridized carbons (Fsp3) is 1.00. The highest BCUT2D eigenvalue weighted by Crippen LogP contribution is 2.04. The van der Waals surface area contributed by atoms with Crippen molar-refractivity contribution in [2.24, 2.45) is 0 Å². The van der Waals surface area contributed by atoms with Crippen LogP contribution in [0.15, 0.2) is 0 Å². The van der Waals surface area contributed by atoms with E-state index in [2.05, 4.69) is 0 Å². The SMILES string of the molecule is CC(O)C(O)CCCOCCCC(O)C(C)O. The van der Waals surface area contributed by atoms with Crippen LogP contribution in [0.1, 0.15) is 39.5 Å². The van der Waals surface area contributed by atoms with Crippen LogP contribution in [0.5, 0.6) is 0 Å². The van der Waals surface area contributed by atoms with Gasteiger partial charge < -0.3 is 25.2 Å². The first-order chi connectivity index (χ1) is 7.95. The van der Waals surface area contributed by atoms with Crippen LogP contribution in [0.3, 0.4) is 0 Å². The second-order valence-electron chi connectivity index (χ2n) is 4.51. The summed E-state index contributed by atoms with van der Waals surface area (Å²) in [6.07, 6.45) is -0.323. The highest BCUT2D eigenvalue weighted by Gasteiger charge is 2.11. The molecule has 4 unspecified atom stereocenters. The van der Waals surface area contributed by atoms with Crippen LogP contribution in [0.25, 0.3) is 0 Å². The van der Waals surface area contributed by atoms with Crippen LogP contribution in [-0.4, -0.2) is 58.1 Å². The van der Waals surface area contributed by atoms with Crippen molar-refractivity contribution < 1.29 is 25.2 Å². The van der Waals surface area contributed by atoms with E-state index in [1.807, 2.05) is 0 Å². The summed E-state index contributed by atoms with van der Waals surface area (Å²) in [6.45, 7) is 4.19. The second-order valence-corrected chi connectivity index (χ2v) is 4.51. The van der Waals surface area contributed by atoms with Crippen molar-refractivity contribution in [3.05, 3.63) is 0 Å². The molecule has 0 aliphatic rings. The molecule has 0 aromatic carbocycles. The lowest BCUT2D eigenvalue weighted by Crippen LogP contribution is -2.23. The molecule has 4 N–H and O–H groups in total. The topological polar surface area (TPSA) is 90.2 Å². The molecule has 0 aliphatic carbocycles. The summed E-state index contributed by atoms with van der Waals surface area (Å²) in [5, 5.41) is 36.7. The second kappa shape index (κ2) is 9.79. The van der Waals surface area contributed by atoms with Gasteiger partial charge in [-0.05, 0) is 39.5 Å². The average molecular weight is 250 g/mol. The lowest BCUT2D eigenvalue weighted by molar-refractivity contribution is 0.0118. The predicted molar refractivity (Wildman–Crippen MR) is 64.7 cm³/mol. The monoisotopic (exact) mass is 250 g/mol. The smallest absolute Gasteiger partial charge is 0.0797 e. The first kappa shape index (κ1) is 16.8. The third-order valence-corrected chi connectivity index (χ3v) is 2.69. The van der Waals surface area contributed by atoms with Crippen LogP contribution < -0.4 is 0 Å². The Balaban J connectivity index is 3.24. The largest absolute Gasteiger partial charge is 0.391 e. The maximum absolute atomic E-state index is 9.30. The number of aliphatic hydroxyl groups is 4. The molecule has 0 bridgehead atoms. The van der Waals surface area contributed by atoms with Gasteiger partial charge >= 0.3 is 0 Å². The van der Waals surface area contributed by atoms with Crippen LogP contribution in [-0.2, 0) is 4.74 Å². The van der Waals surface area contributed by atoms with Gasteiger partial charge in [-0.15, -0.1) is 0 Å². The van der Waals surface area contributed by atoms with Crippen LogP contribution in [0, 0.1) is 0 Å². The van der Waals surface area contributed by atoms with Crippen molar-refractivity contribution in [1.82, 2.24) is 0 Å². The molecule has 0 radical (unpaired) electrons. The molecular formula is C12H26O5. The molecule has 0 aromatic rings. The van der Waals surface area contributed by atoms with Gasteiger partial charge in [-0.1, -0.05) is 0 Å². The fourth-order valence-electron chi connectivity index (χ4n) is 1.37. The summed E-state index contributed by atoms with van der Waals surface area (Å²) in [7, 11) is 0. The molecule has 0 fully saturated rings. The van der Waals surface area contributed by atoms with Crippen LogP contribution >= 0.6 is 0 Å². The van der Waals surface area contributed by atoms with Crippen LogP contribution in [0.4, 0.5) is 0 Å². The van der Waals surface area contributed by atoms with Gasteiger partial charge in [0.05, 0.1) is 24.4 Å². The summed E-state index contributed by atoms with van der Waals surface area (Å²) in [4.78, 5) is 0. The molecule has 0 rings (SSSR count). The Labute approximate surface area is 103 Å². The Morgan fingerprint density at radius 1 is 0.765 bits per heavy atom. The summed E-state index contributed by atoms with van der Waals surface area (Å²) >= 11 is 0. The summed E-state index contributed by atoms with van der Waals surface area (Å²) in [5.41, 5.74) is 0. The molecule has 0 aliphatic heterocycles. The highest BCUT2D eigenvalue weighted by atomic mass is 16.5. The Bertz CT molecular complexity index is 154. The van der Waals surface area contributed by atoms with E-state index in [4.69, 9.17) is 14.9 Å². The van der Waals surface area contributed by atoms with E-state index in [1.165, 1.54) is 0 Å². The minimum atomic E-state index is -0.698. The number of rotatable bonds is 10. The van der Waals surface area contributed by atoms with Gasteiger partial charge in [0.2, 0.25) is 0 Å². The molecule has 17 heavy (non-hydrogen) atoms. The van der Waals surface area contributed by atoms with E-state index < -0.39 is 24.4 Å². The third-order valence-electron chi connectivity index (χ3n) is 2.69. The van der Waals surface area contributed by atoms with Gasteiger partial charge in [0, 0.05) is 13.2 Å². The van der Waals surface area contributed by atoms with Crippen molar-refractivity contribution in [2.75, 3.05) is 13.2 Å². The molecule has 5 nitrogen and oxygen atoms in total. The zero-order valence-electron chi connectivity index (χ0n) is 10.7. The summed E-state index contributed by atoms with van der Waals surface area (Å²) in [5.74, 6) is 0. The number of aliphatic hydroxyl groups excluding tert-OH is 4. The molecule has 0 amide bonds. The number of ether oxygens (including phenoxy) is 1. The first-order valence-corrected chi connectivity index (χ1v) is 6.25. The summed E-state index contributed by atoms with van der Waals surface area (Å²) < 4.78 is 5.31. The first-order valence-electron chi connectivity index (χ1n) is 6.25. The molecule has 104 valence electrons. The van der Waals surface area contributed by atoms with Gasteiger partial charge in [0.15, 0.2) is 0 Å². The van der Waals surface area contributed by atoms with E-state index >= 15 is 0 Å². The van der Waals surface area contributed by atoms with E-state index in [0.717, 1.165) is 0 Å². The Morgan fingerprint density at radius 2 is 1.12 bits per heavy atom. The van der Waals surface area contributed by atoms with Gasteiger partial charge in [-0.25, -0.2) is 0 Å². The van der Waals surface area contributed by atoms with Gasteiger partial charge in [-0.3, -0.25) is 0 Å². The van der Waals surface area contributed by atoms with E-state index in [9.17, 15) is 10.2 Å². The molecule has 4 atom stereocenters. The molecule has 5 heteroatoms. The standard InChI is InChI=1S/C12H26O5/c1-9(13)11(15)5-3-7-17-8-4-6-12(16)10(2)14/h9-16H,3-8H2,1-2H3. The minimum absolute atomic E-state index is 0.522. The molecule has 0 saturated carbocycles. The van der Waals surface area contributed by atoms with Crippen molar-refractivity contribution >= 4 is 0 Å². The fourth-order valence-corrected chi connectivity index (χ4v) is 1.37. The van der Waals surface area contributed by atoms with E-state index in [-0.39, 0.29) is 0 Å². The lowest BCUT2D eigenvalue weighted by Gasteiger charge is -2.14. The van der Waals surface area contributed by atoms with Crippen molar-refractivity contribution in [1.29, 1.82) is 0 Å². The molecule has 0 aromatic heterocycles. The van der Waals surface area contributed by atoms with Crippen molar-refractivity contribution in [3.8, 4) is 0 Å². The molecular weight excluding hydrogens is 224 g/mol. The zero-order valence-corrected chi connectivity index (χ0v) is 10.7. The maximum atomic E-state index is 9.30. The zero-order chi connectivity index (χ0) is 13.3. The Morgan fingerprint density at radius 3 is 1.41 bits per heavy atom. The minimum Gasteiger partial charge on any atom is -0.391 e. The number of hydrogen-bond acceptors (Lipinski definition) is 5. The molecule has 0 spiro atoms. The summed E-state index contributed by atoms with van der Waals surface area (Å²) in [6, 6.07) is 0. The Hall–Kier alpha value is -0.200. The normalized spacial score (nSPS) is 18.7. The van der Waals surface area contributed by atoms with Gasteiger partial charge in [-0.2, -0.15) is 0 Å². The van der Waals surface area contributed by atoms with E-state index in [1.54, 1.807) is 13.8 Å². The molecule has 0 heterocycles. The number of hydrogen-bond donors (Lipinski definition) is 4. The Kier molecular flexibility index (Phi) is 9.68. The van der Waals surface area contributed by atoms with Crippen LogP contribution in [0.2, 0.25) is 0 Å². The quantitative estimate of drug-likeness (QED) is 0.411. The van der Waals surface area contributed by atoms with Gasteiger partial charge in [0.25, 0.3) is 0 Å². The predicted octanol–water partition coefficient (Wildman–Crippen LogP) is 0.0468. The van der Waals surface area contributed by atoms with Crippen molar-refractivity contribution in [2.45, 2.75) is 63.9 Å². The average Bonchev–Trinajstić information content (AvgIpc) is 2.26. The maximum Gasteiger partial charge on any atom is 0.0797 e. The lowest BCUT2D eigenvalue weighted by atomic mass is 10.1. The molecule has 0 saturated heterocycles. The third kappa shape index (κ3) is 9.50.